The van der Waals surface area contributed by atoms with Crippen LogP contribution in [0.15, 0.2) is 36.4 Å². The summed E-state index contributed by atoms with van der Waals surface area (Å²) in [6.45, 7) is 4.24. The molecule has 1 amide bonds. The lowest BCUT2D eigenvalue weighted by atomic mass is 10.1. The average Bonchev–Trinajstić information content (AvgIpc) is 2.85. The molecule has 144 valence electrons. The van der Waals surface area contributed by atoms with Crippen LogP contribution in [0.3, 0.4) is 0 Å². The largest absolute Gasteiger partial charge is 0.311 e. The van der Waals surface area contributed by atoms with Crippen molar-refractivity contribution in [3.63, 3.8) is 0 Å². The third-order valence-corrected chi connectivity index (χ3v) is 5.68. The summed E-state index contributed by atoms with van der Waals surface area (Å²) in [6.07, 6.45) is 0.322. The van der Waals surface area contributed by atoms with E-state index < -0.39 is 33.5 Å². The molecule has 1 aliphatic rings. The molecule has 1 atom stereocenters. The minimum atomic E-state index is -3.94. The first kappa shape index (κ1) is 19.4. The Bertz CT molecular complexity index is 952. The average molecular weight is 394 g/mol. The topological polar surface area (TPSA) is 66.5 Å². The SMILES string of the molecule is Cc1cc(C)cc(N2CC[C@@H](NS(=O)(=O)Cc3cc(F)cc(F)c3)C2=O)c1. The first-order chi connectivity index (χ1) is 12.6. The van der Waals surface area contributed by atoms with Crippen LogP contribution in [0.25, 0.3) is 0 Å². The van der Waals surface area contributed by atoms with Gasteiger partial charge in [0.1, 0.15) is 17.7 Å². The molecule has 1 aliphatic heterocycles. The summed E-state index contributed by atoms with van der Waals surface area (Å²) in [6, 6.07) is 7.43. The second-order valence-electron chi connectivity index (χ2n) is 6.83. The highest BCUT2D eigenvalue weighted by Gasteiger charge is 2.35. The third-order valence-electron chi connectivity index (χ3n) is 4.32. The number of nitrogens with one attached hydrogen (secondary N) is 1. The van der Waals surface area contributed by atoms with E-state index in [1.165, 1.54) is 0 Å². The summed E-state index contributed by atoms with van der Waals surface area (Å²) >= 11 is 0. The van der Waals surface area contributed by atoms with E-state index in [4.69, 9.17) is 0 Å². The number of rotatable bonds is 5. The van der Waals surface area contributed by atoms with Crippen molar-refractivity contribution in [2.24, 2.45) is 0 Å². The van der Waals surface area contributed by atoms with Gasteiger partial charge in [-0.3, -0.25) is 4.79 Å². The van der Waals surface area contributed by atoms with Gasteiger partial charge in [0.05, 0.1) is 5.75 Å². The Balaban J connectivity index is 1.73. The molecule has 0 radical (unpaired) electrons. The molecular weight excluding hydrogens is 374 g/mol. The molecule has 0 saturated carbocycles. The van der Waals surface area contributed by atoms with Crippen LogP contribution < -0.4 is 9.62 Å². The molecule has 0 aromatic heterocycles. The number of hydrogen-bond acceptors (Lipinski definition) is 3. The van der Waals surface area contributed by atoms with E-state index in [2.05, 4.69) is 4.72 Å². The van der Waals surface area contributed by atoms with Gasteiger partial charge < -0.3 is 4.90 Å². The summed E-state index contributed by atoms with van der Waals surface area (Å²) in [5, 5.41) is 0. The number of carbonyl (C=O) groups excluding carboxylic acids is 1. The highest BCUT2D eigenvalue weighted by Crippen LogP contribution is 2.24. The first-order valence-electron chi connectivity index (χ1n) is 8.47. The standard InChI is InChI=1S/C19H20F2N2O3S/c1-12-5-13(2)7-17(6-12)23-4-3-18(19(23)24)22-27(25,26)11-14-8-15(20)10-16(21)9-14/h5-10,18,22H,3-4,11H2,1-2H3/t18-/m1/s1. The number of amides is 1. The molecule has 1 N–H and O–H groups in total. The fourth-order valence-electron chi connectivity index (χ4n) is 3.32. The quantitative estimate of drug-likeness (QED) is 0.848. The maximum atomic E-state index is 13.3. The van der Waals surface area contributed by atoms with Gasteiger partial charge in [0, 0.05) is 18.3 Å². The van der Waals surface area contributed by atoms with Crippen LogP contribution in [0.5, 0.6) is 0 Å². The lowest BCUT2D eigenvalue weighted by Gasteiger charge is -2.18. The van der Waals surface area contributed by atoms with Crippen LogP contribution in [-0.2, 0) is 20.6 Å². The van der Waals surface area contributed by atoms with Crippen LogP contribution in [0.2, 0.25) is 0 Å². The number of hydrogen-bond donors (Lipinski definition) is 1. The van der Waals surface area contributed by atoms with Crippen molar-refractivity contribution in [2.45, 2.75) is 32.1 Å². The molecule has 5 nitrogen and oxygen atoms in total. The molecule has 3 rings (SSSR count). The van der Waals surface area contributed by atoms with Gasteiger partial charge in [-0.05, 0) is 61.2 Å². The molecular formula is C19H20F2N2O3S. The maximum absolute atomic E-state index is 13.3. The zero-order valence-electron chi connectivity index (χ0n) is 15.0. The van der Waals surface area contributed by atoms with E-state index >= 15 is 0 Å². The summed E-state index contributed by atoms with van der Waals surface area (Å²) in [5.74, 6) is -2.64. The van der Waals surface area contributed by atoms with Crippen molar-refractivity contribution in [1.82, 2.24) is 4.72 Å². The first-order valence-corrected chi connectivity index (χ1v) is 10.1. The van der Waals surface area contributed by atoms with Crippen molar-refractivity contribution in [1.29, 1.82) is 0 Å². The minimum absolute atomic E-state index is 0.0170. The fraction of sp³-hybridized carbons (Fsp3) is 0.316. The van der Waals surface area contributed by atoms with Gasteiger partial charge in [0.25, 0.3) is 0 Å². The lowest BCUT2D eigenvalue weighted by molar-refractivity contribution is -0.118. The number of sulfonamides is 1. The van der Waals surface area contributed by atoms with Crippen LogP contribution in [0.4, 0.5) is 14.5 Å². The Labute approximate surface area is 157 Å². The van der Waals surface area contributed by atoms with Crippen molar-refractivity contribution < 1.29 is 22.0 Å². The van der Waals surface area contributed by atoms with Crippen LogP contribution >= 0.6 is 0 Å². The predicted octanol–water partition coefficient (Wildman–Crippen LogP) is 2.81. The number of benzene rings is 2. The number of anilines is 1. The molecule has 2 aromatic rings. The molecule has 0 aliphatic carbocycles. The van der Waals surface area contributed by atoms with Gasteiger partial charge >= 0.3 is 0 Å². The van der Waals surface area contributed by atoms with Gasteiger partial charge in [-0.25, -0.2) is 21.9 Å². The van der Waals surface area contributed by atoms with Crippen molar-refractivity contribution in [3.05, 3.63) is 64.7 Å². The molecule has 1 fully saturated rings. The van der Waals surface area contributed by atoms with Crippen molar-refractivity contribution >= 4 is 21.6 Å². The summed E-state index contributed by atoms with van der Waals surface area (Å²) in [5.41, 5.74) is 2.73. The molecule has 0 bridgehead atoms. The molecule has 2 aromatic carbocycles. The van der Waals surface area contributed by atoms with Crippen molar-refractivity contribution in [2.75, 3.05) is 11.4 Å². The second kappa shape index (κ2) is 7.36. The van der Waals surface area contributed by atoms with E-state index in [1.807, 2.05) is 32.0 Å². The maximum Gasteiger partial charge on any atom is 0.245 e. The molecule has 0 spiro atoms. The van der Waals surface area contributed by atoms with E-state index in [-0.39, 0.29) is 11.5 Å². The van der Waals surface area contributed by atoms with E-state index in [0.717, 1.165) is 28.9 Å². The summed E-state index contributed by atoms with van der Waals surface area (Å²) in [4.78, 5) is 14.2. The van der Waals surface area contributed by atoms with Gasteiger partial charge in [0.15, 0.2) is 0 Å². The van der Waals surface area contributed by atoms with Gasteiger partial charge in [-0.2, -0.15) is 0 Å². The van der Waals surface area contributed by atoms with E-state index in [0.29, 0.717) is 19.0 Å². The Hall–Kier alpha value is -2.32. The fourth-order valence-corrected chi connectivity index (χ4v) is 4.67. The van der Waals surface area contributed by atoms with Gasteiger partial charge in [0.2, 0.25) is 15.9 Å². The zero-order valence-corrected chi connectivity index (χ0v) is 15.8. The van der Waals surface area contributed by atoms with E-state index in [9.17, 15) is 22.0 Å². The number of aryl methyl sites for hydroxylation is 2. The number of nitrogens with zero attached hydrogens (tertiary/aromatic N) is 1. The number of halogens is 2. The monoisotopic (exact) mass is 394 g/mol. The van der Waals surface area contributed by atoms with Gasteiger partial charge in [-0.15, -0.1) is 0 Å². The molecule has 27 heavy (non-hydrogen) atoms. The van der Waals surface area contributed by atoms with Gasteiger partial charge in [-0.1, -0.05) is 6.07 Å². The highest BCUT2D eigenvalue weighted by atomic mass is 32.2. The smallest absolute Gasteiger partial charge is 0.245 e. The second-order valence-corrected chi connectivity index (χ2v) is 8.59. The Kier molecular flexibility index (Phi) is 5.30. The third kappa shape index (κ3) is 4.70. The Morgan fingerprint density at radius 2 is 1.63 bits per heavy atom. The minimum Gasteiger partial charge on any atom is -0.311 e. The molecule has 1 saturated heterocycles. The van der Waals surface area contributed by atoms with E-state index in [1.54, 1.807) is 4.90 Å². The molecule has 0 unspecified atom stereocenters. The van der Waals surface area contributed by atoms with Crippen LogP contribution in [0.1, 0.15) is 23.1 Å². The normalized spacial score (nSPS) is 17.6. The molecule has 1 heterocycles. The Morgan fingerprint density at radius 1 is 1.04 bits per heavy atom. The van der Waals surface area contributed by atoms with Crippen LogP contribution in [0, 0.1) is 25.5 Å². The zero-order chi connectivity index (χ0) is 19.8. The highest BCUT2D eigenvalue weighted by molar-refractivity contribution is 7.88. The van der Waals surface area contributed by atoms with Crippen LogP contribution in [-0.4, -0.2) is 26.9 Å². The summed E-state index contributed by atoms with van der Waals surface area (Å²) < 4.78 is 53.6. The Morgan fingerprint density at radius 3 is 2.22 bits per heavy atom. The lowest BCUT2D eigenvalue weighted by Crippen LogP contribution is -2.42. The number of carbonyl (C=O) groups is 1. The predicted molar refractivity (Wildman–Crippen MR) is 98.8 cm³/mol. The summed E-state index contributed by atoms with van der Waals surface area (Å²) in [7, 11) is -3.94. The van der Waals surface area contributed by atoms with Crippen molar-refractivity contribution in [3.8, 4) is 0 Å². The molecule has 8 heteroatoms.